The molecule has 1 saturated heterocycles. The number of nitrogens with one attached hydrogen (secondary N) is 1. The van der Waals surface area contributed by atoms with Gasteiger partial charge in [0.25, 0.3) is 0 Å². The number of carbonyl (C=O) groups excluding carboxylic acids is 2. The zero-order chi connectivity index (χ0) is 13.0. The van der Waals surface area contributed by atoms with Gasteiger partial charge >= 0.3 is 6.03 Å². The van der Waals surface area contributed by atoms with Crippen LogP contribution in [-0.4, -0.2) is 36.5 Å². The van der Waals surface area contributed by atoms with Crippen molar-refractivity contribution in [1.82, 2.24) is 10.2 Å². The minimum atomic E-state index is -0.394. The Balaban J connectivity index is 1.87. The van der Waals surface area contributed by atoms with Crippen molar-refractivity contribution in [2.45, 2.75) is 0 Å². The molecule has 0 aromatic heterocycles. The number of ether oxygens (including phenoxy) is 1. The Morgan fingerprint density at radius 1 is 1.44 bits per heavy atom. The van der Waals surface area contributed by atoms with E-state index in [0.29, 0.717) is 11.3 Å². The highest BCUT2D eigenvalue weighted by Gasteiger charge is 2.27. The lowest BCUT2D eigenvalue weighted by Crippen LogP contribution is -2.34. The van der Waals surface area contributed by atoms with Crippen molar-refractivity contribution >= 4 is 11.9 Å². The summed E-state index contributed by atoms with van der Waals surface area (Å²) in [5.74, 6) is 0.287. The Kier molecular flexibility index (Phi) is 3.44. The van der Waals surface area contributed by atoms with Crippen LogP contribution in [0.5, 0.6) is 5.75 Å². The summed E-state index contributed by atoms with van der Waals surface area (Å²) < 4.78 is 5.38. The molecule has 6 nitrogen and oxygen atoms in total. The van der Waals surface area contributed by atoms with Crippen LogP contribution in [0.25, 0.3) is 0 Å². The summed E-state index contributed by atoms with van der Waals surface area (Å²) in [6.45, 7) is 0.443. The van der Waals surface area contributed by atoms with E-state index in [9.17, 15) is 9.59 Å². The Morgan fingerprint density at radius 2 is 2.28 bits per heavy atom. The zero-order valence-corrected chi connectivity index (χ0v) is 9.55. The lowest BCUT2D eigenvalue weighted by molar-refractivity contribution is -0.125. The summed E-state index contributed by atoms with van der Waals surface area (Å²) in [6.07, 6.45) is 0. The molecular formula is C12H11N3O3. The first kappa shape index (κ1) is 11.9. The molecule has 0 bridgehead atoms. The second-order valence-electron chi connectivity index (χ2n) is 3.69. The van der Waals surface area contributed by atoms with Crippen LogP contribution in [0.2, 0.25) is 0 Å². The second-order valence-corrected chi connectivity index (χ2v) is 3.69. The number of urea groups is 1. The molecule has 0 radical (unpaired) electrons. The topological polar surface area (TPSA) is 82.4 Å². The molecule has 1 aliphatic rings. The average Bonchev–Trinajstić information content (AvgIpc) is 2.70. The molecule has 1 N–H and O–H groups in total. The van der Waals surface area contributed by atoms with E-state index in [2.05, 4.69) is 5.32 Å². The smallest absolute Gasteiger partial charge is 0.324 e. The molecule has 0 unspecified atom stereocenters. The molecular weight excluding hydrogens is 234 g/mol. The van der Waals surface area contributed by atoms with E-state index in [1.54, 1.807) is 24.3 Å². The summed E-state index contributed by atoms with van der Waals surface area (Å²) in [6, 6.07) is 8.31. The highest BCUT2D eigenvalue weighted by atomic mass is 16.5. The molecule has 0 saturated carbocycles. The summed E-state index contributed by atoms with van der Waals surface area (Å²) in [4.78, 5) is 23.6. The lowest BCUT2D eigenvalue weighted by Gasteiger charge is -2.12. The number of imide groups is 1. The van der Waals surface area contributed by atoms with Gasteiger partial charge in [0, 0.05) is 0 Å². The van der Waals surface area contributed by atoms with E-state index in [0.717, 1.165) is 4.90 Å². The van der Waals surface area contributed by atoms with Gasteiger partial charge in [-0.25, -0.2) is 4.79 Å². The first-order valence-corrected chi connectivity index (χ1v) is 5.42. The Hall–Kier alpha value is -2.55. The molecule has 0 atom stereocenters. The lowest BCUT2D eigenvalue weighted by atomic mass is 10.2. The maximum absolute atomic E-state index is 11.3. The second kappa shape index (κ2) is 5.19. The Labute approximate surface area is 104 Å². The highest BCUT2D eigenvalue weighted by molar-refractivity contribution is 6.01. The van der Waals surface area contributed by atoms with Gasteiger partial charge in [-0.15, -0.1) is 0 Å². The number of amides is 3. The van der Waals surface area contributed by atoms with E-state index in [1.807, 2.05) is 6.07 Å². The number of rotatable bonds is 4. The SMILES string of the molecule is N#Cc1cccc(OCCN2C(=O)CNC2=O)c1. The molecule has 1 heterocycles. The summed E-state index contributed by atoms with van der Waals surface area (Å²) in [5, 5.41) is 11.1. The van der Waals surface area contributed by atoms with E-state index >= 15 is 0 Å². The average molecular weight is 245 g/mol. The molecule has 18 heavy (non-hydrogen) atoms. The molecule has 3 amide bonds. The third-order valence-electron chi connectivity index (χ3n) is 2.48. The van der Waals surface area contributed by atoms with Crippen LogP contribution >= 0.6 is 0 Å². The Morgan fingerprint density at radius 3 is 2.94 bits per heavy atom. The first-order valence-electron chi connectivity index (χ1n) is 5.42. The molecule has 92 valence electrons. The molecule has 1 aliphatic heterocycles. The normalized spacial score (nSPS) is 14.3. The first-order chi connectivity index (χ1) is 8.70. The predicted octanol–water partition coefficient (Wildman–Crippen LogP) is 0.489. The summed E-state index contributed by atoms with van der Waals surface area (Å²) in [7, 11) is 0. The fourth-order valence-corrected chi connectivity index (χ4v) is 1.59. The molecule has 1 aromatic rings. The van der Waals surface area contributed by atoms with Gasteiger partial charge in [0.1, 0.15) is 12.4 Å². The summed E-state index contributed by atoms with van der Waals surface area (Å²) in [5.41, 5.74) is 0.502. The van der Waals surface area contributed by atoms with Crippen LogP contribution < -0.4 is 10.1 Å². The number of nitrogens with zero attached hydrogens (tertiary/aromatic N) is 2. The highest BCUT2D eigenvalue weighted by Crippen LogP contribution is 2.12. The number of nitriles is 1. The van der Waals surface area contributed by atoms with Crippen molar-refractivity contribution in [3.05, 3.63) is 29.8 Å². The molecule has 1 fully saturated rings. The van der Waals surface area contributed by atoms with Crippen molar-refractivity contribution in [3.8, 4) is 11.8 Å². The van der Waals surface area contributed by atoms with E-state index < -0.39 is 6.03 Å². The number of hydrogen-bond acceptors (Lipinski definition) is 4. The maximum Gasteiger partial charge on any atom is 0.324 e. The fraction of sp³-hybridized carbons (Fsp3) is 0.250. The maximum atomic E-state index is 11.3. The molecule has 2 rings (SSSR count). The van der Waals surface area contributed by atoms with E-state index in [1.165, 1.54) is 0 Å². The van der Waals surface area contributed by atoms with Crippen molar-refractivity contribution in [2.75, 3.05) is 19.7 Å². The zero-order valence-electron chi connectivity index (χ0n) is 9.55. The van der Waals surface area contributed by atoms with Crippen LogP contribution in [0.3, 0.4) is 0 Å². The third-order valence-corrected chi connectivity index (χ3v) is 2.48. The largest absolute Gasteiger partial charge is 0.492 e. The predicted molar refractivity (Wildman–Crippen MR) is 61.8 cm³/mol. The van der Waals surface area contributed by atoms with Crippen LogP contribution in [0.4, 0.5) is 4.79 Å². The van der Waals surface area contributed by atoms with Gasteiger partial charge in [-0.3, -0.25) is 9.69 Å². The van der Waals surface area contributed by atoms with Gasteiger partial charge in [-0.2, -0.15) is 5.26 Å². The molecule has 0 aliphatic carbocycles. The molecule has 0 spiro atoms. The fourth-order valence-electron chi connectivity index (χ4n) is 1.59. The van der Waals surface area contributed by atoms with Gasteiger partial charge < -0.3 is 10.1 Å². The molecule has 1 aromatic carbocycles. The van der Waals surface area contributed by atoms with Crippen LogP contribution in [0.15, 0.2) is 24.3 Å². The van der Waals surface area contributed by atoms with Crippen LogP contribution in [-0.2, 0) is 4.79 Å². The number of hydrogen-bond donors (Lipinski definition) is 1. The number of benzene rings is 1. The van der Waals surface area contributed by atoms with Crippen molar-refractivity contribution in [1.29, 1.82) is 5.26 Å². The minimum Gasteiger partial charge on any atom is -0.492 e. The van der Waals surface area contributed by atoms with Crippen LogP contribution in [0.1, 0.15) is 5.56 Å². The van der Waals surface area contributed by atoms with Gasteiger partial charge in [0.05, 0.1) is 24.7 Å². The van der Waals surface area contributed by atoms with Gasteiger partial charge in [-0.05, 0) is 18.2 Å². The van der Waals surface area contributed by atoms with Gasteiger partial charge in [0.15, 0.2) is 0 Å². The minimum absolute atomic E-state index is 0.0444. The quantitative estimate of drug-likeness (QED) is 0.782. The van der Waals surface area contributed by atoms with Crippen molar-refractivity contribution in [2.24, 2.45) is 0 Å². The third kappa shape index (κ3) is 2.58. The van der Waals surface area contributed by atoms with Gasteiger partial charge in [0.2, 0.25) is 5.91 Å². The monoisotopic (exact) mass is 245 g/mol. The van der Waals surface area contributed by atoms with Crippen LogP contribution in [0, 0.1) is 11.3 Å². The van der Waals surface area contributed by atoms with E-state index in [4.69, 9.17) is 10.00 Å². The number of carbonyl (C=O) groups is 2. The molecule has 6 heteroatoms. The van der Waals surface area contributed by atoms with Crippen molar-refractivity contribution in [3.63, 3.8) is 0 Å². The Bertz CT molecular complexity index is 506. The van der Waals surface area contributed by atoms with E-state index in [-0.39, 0.29) is 25.6 Å². The summed E-state index contributed by atoms with van der Waals surface area (Å²) >= 11 is 0. The standard InChI is InChI=1S/C12H11N3O3/c13-7-9-2-1-3-10(6-9)18-5-4-15-11(16)8-14-12(15)17/h1-3,6H,4-5,8H2,(H,14,17). The van der Waals surface area contributed by atoms with Gasteiger partial charge in [-0.1, -0.05) is 6.07 Å². The van der Waals surface area contributed by atoms with Crippen molar-refractivity contribution < 1.29 is 14.3 Å².